The Balaban J connectivity index is 0.00000400. The van der Waals surface area contributed by atoms with Crippen molar-refractivity contribution < 1.29 is 13.2 Å². The number of rotatable bonds is 6. The van der Waals surface area contributed by atoms with Crippen LogP contribution in [0.5, 0.6) is 0 Å². The van der Waals surface area contributed by atoms with E-state index in [9.17, 15) is 13.2 Å². The maximum Gasteiger partial charge on any atom is 0.252 e. The van der Waals surface area contributed by atoms with Crippen molar-refractivity contribution in [3.63, 3.8) is 0 Å². The summed E-state index contributed by atoms with van der Waals surface area (Å²) in [5.74, 6) is -0.238. The van der Waals surface area contributed by atoms with Gasteiger partial charge in [0.1, 0.15) is 0 Å². The third kappa shape index (κ3) is 4.98. The van der Waals surface area contributed by atoms with Gasteiger partial charge in [0.15, 0.2) is 9.84 Å². The fraction of sp³-hybridized carbons (Fsp3) is 0.500. The Morgan fingerprint density at radius 3 is 2.33 bits per heavy atom. The molecule has 0 fully saturated rings. The average molecular weight is 335 g/mol. The molecule has 0 radical (unpaired) electrons. The molecule has 0 aliphatic rings. The average Bonchev–Trinajstić information content (AvgIpc) is 2.44. The van der Waals surface area contributed by atoms with E-state index in [1.165, 1.54) is 12.1 Å². The van der Waals surface area contributed by atoms with E-state index >= 15 is 0 Å². The highest BCUT2D eigenvalue weighted by molar-refractivity contribution is 7.92. The molecule has 21 heavy (non-hydrogen) atoms. The van der Waals surface area contributed by atoms with E-state index in [0.29, 0.717) is 13.1 Å². The number of benzene rings is 1. The molecule has 3 N–H and O–H groups in total. The van der Waals surface area contributed by atoms with Crippen molar-refractivity contribution in [1.82, 2.24) is 5.32 Å². The zero-order chi connectivity index (χ0) is 15.3. The molecule has 1 amide bonds. The SMILES string of the molecule is CC(CN)CNC(=O)c1ccccc1S(=O)(=O)C(C)C.Cl. The van der Waals surface area contributed by atoms with Gasteiger partial charge in [0, 0.05) is 6.54 Å². The van der Waals surface area contributed by atoms with Gasteiger partial charge in [0.25, 0.3) is 5.91 Å². The monoisotopic (exact) mass is 334 g/mol. The second-order valence-electron chi connectivity index (χ2n) is 5.14. The minimum absolute atomic E-state index is 0. The zero-order valence-electron chi connectivity index (χ0n) is 12.5. The van der Waals surface area contributed by atoms with Crippen LogP contribution in [0, 0.1) is 5.92 Å². The lowest BCUT2D eigenvalue weighted by molar-refractivity contribution is 0.0945. The first-order valence-electron chi connectivity index (χ1n) is 6.61. The zero-order valence-corrected chi connectivity index (χ0v) is 14.1. The summed E-state index contributed by atoms with van der Waals surface area (Å²) in [5, 5.41) is 2.15. The van der Waals surface area contributed by atoms with Gasteiger partial charge in [-0.2, -0.15) is 0 Å². The second-order valence-corrected chi connectivity index (χ2v) is 7.61. The van der Waals surface area contributed by atoms with Crippen LogP contribution in [-0.2, 0) is 9.84 Å². The Morgan fingerprint density at radius 2 is 1.81 bits per heavy atom. The number of carbonyl (C=O) groups is 1. The Hall–Kier alpha value is -1.11. The van der Waals surface area contributed by atoms with Crippen LogP contribution in [0.25, 0.3) is 0 Å². The summed E-state index contributed by atoms with van der Waals surface area (Å²) in [7, 11) is -3.48. The van der Waals surface area contributed by atoms with Crippen molar-refractivity contribution in [2.75, 3.05) is 13.1 Å². The van der Waals surface area contributed by atoms with E-state index in [-0.39, 0.29) is 34.7 Å². The lowest BCUT2D eigenvalue weighted by atomic mass is 10.1. The predicted octanol–water partition coefficient (Wildman–Crippen LogP) is 1.62. The molecule has 0 heterocycles. The Bertz CT molecular complexity index is 573. The number of halogens is 1. The summed E-state index contributed by atoms with van der Waals surface area (Å²) in [4.78, 5) is 12.2. The summed E-state index contributed by atoms with van der Waals surface area (Å²) in [6.45, 7) is 6.00. The van der Waals surface area contributed by atoms with Gasteiger partial charge in [-0.1, -0.05) is 19.1 Å². The number of hydrogen-bond acceptors (Lipinski definition) is 4. The van der Waals surface area contributed by atoms with E-state index < -0.39 is 15.1 Å². The third-order valence-electron chi connectivity index (χ3n) is 3.07. The first kappa shape index (κ1) is 19.9. The van der Waals surface area contributed by atoms with Crippen molar-refractivity contribution in [3.05, 3.63) is 29.8 Å². The van der Waals surface area contributed by atoms with Gasteiger partial charge in [0.2, 0.25) is 0 Å². The molecule has 7 heteroatoms. The molecular formula is C14H23ClN2O3S. The number of nitrogens with one attached hydrogen (secondary N) is 1. The highest BCUT2D eigenvalue weighted by Gasteiger charge is 2.25. The van der Waals surface area contributed by atoms with Gasteiger partial charge < -0.3 is 11.1 Å². The standard InChI is InChI=1S/C14H22N2O3S.ClH/c1-10(2)20(18,19)13-7-5-4-6-12(13)14(17)16-9-11(3)8-15;/h4-7,10-11H,8-9,15H2,1-3H3,(H,16,17);1H. The summed E-state index contributed by atoms with van der Waals surface area (Å²) < 4.78 is 24.5. The van der Waals surface area contributed by atoms with E-state index in [0.717, 1.165) is 0 Å². The largest absolute Gasteiger partial charge is 0.352 e. The molecule has 0 bridgehead atoms. The van der Waals surface area contributed by atoms with Crippen molar-refractivity contribution in [3.8, 4) is 0 Å². The van der Waals surface area contributed by atoms with Gasteiger partial charge in [-0.15, -0.1) is 12.4 Å². The first-order chi connectivity index (χ1) is 9.30. The molecule has 120 valence electrons. The minimum Gasteiger partial charge on any atom is -0.352 e. The molecule has 1 unspecified atom stereocenters. The maximum atomic E-state index is 12.3. The van der Waals surface area contributed by atoms with E-state index in [1.807, 2.05) is 6.92 Å². The number of carbonyl (C=O) groups excluding carboxylic acids is 1. The summed E-state index contributed by atoms with van der Waals surface area (Å²) in [5.41, 5.74) is 5.67. The predicted molar refractivity (Wildman–Crippen MR) is 86.6 cm³/mol. The van der Waals surface area contributed by atoms with Crippen LogP contribution in [-0.4, -0.2) is 32.7 Å². The van der Waals surface area contributed by atoms with Crippen molar-refractivity contribution in [2.24, 2.45) is 11.7 Å². The van der Waals surface area contributed by atoms with Crippen LogP contribution in [0.15, 0.2) is 29.2 Å². The van der Waals surface area contributed by atoms with Crippen molar-refractivity contribution in [2.45, 2.75) is 30.9 Å². The maximum absolute atomic E-state index is 12.3. The molecule has 0 aliphatic carbocycles. The molecule has 1 aromatic rings. The highest BCUT2D eigenvalue weighted by Crippen LogP contribution is 2.20. The summed E-state index contributed by atoms with van der Waals surface area (Å²) in [6, 6.07) is 6.27. The van der Waals surface area contributed by atoms with E-state index in [2.05, 4.69) is 5.32 Å². The van der Waals surface area contributed by atoms with Crippen LogP contribution in [0.3, 0.4) is 0 Å². The van der Waals surface area contributed by atoms with Crippen LogP contribution in [0.1, 0.15) is 31.1 Å². The summed E-state index contributed by atoms with van der Waals surface area (Å²) >= 11 is 0. The molecule has 1 atom stereocenters. The summed E-state index contributed by atoms with van der Waals surface area (Å²) in [6.07, 6.45) is 0. The van der Waals surface area contributed by atoms with Gasteiger partial charge >= 0.3 is 0 Å². The Labute approximate surface area is 132 Å². The first-order valence-corrected chi connectivity index (χ1v) is 8.16. The van der Waals surface area contributed by atoms with Crippen LogP contribution >= 0.6 is 12.4 Å². The third-order valence-corrected chi connectivity index (χ3v) is 5.28. The molecule has 0 spiro atoms. The molecule has 0 aromatic heterocycles. The highest BCUT2D eigenvalue weighted by atomic mass is 35.5. The van der Waals surface area contributed by atoms with Gasteiger partial charge in [-0.25, -0.2) is 8.42 Å². The topological polar surface area (TPSA) is 89.3 Å². The lowest BCUT2D eigenvalue weighted by Crippen LogP contribution is -2.32. The molecule has 0 saturated carbocycles. The van der Waals surface area contributed by atoms with Crippen molar-refractivity contribution in [1.29, 1.82) is 0 Å². The second kappa shape index (κ2) is 8.36. The molecule has 0 aliphatic heterocycles. The number of sulfone groups is 1. The van der Waals surface area contributed by atoms with Crippen LogP contribution in [0.4, 0.5) is 0 Å². The quantitative estimate of drug-likeness (QED) is 0.827. The van der Waals surface area contributed by atoms with Gasteiger partial charge in [-0.05, 0) is 38.4 Å². The molecule has 1 aromatic carbocycles. The lowest BCUT2D eigenvalue weighted by Gasteiger charge is -2.14. The van der Waals surface area contributed by atoms with Crippen LogP contribution in [0.2, 0.25) is 0 Å². The Morgan fingerprint density at radius 1 is 1.24 bits per heavy atom. The Kier molecular flexibility index (Phi) is 7.92. The molecule has 1 rings (SSSR count). The minimum atomic E-state index is -3.48. The number of amides is 1. The molecular weight excluding hydrogens is 312 g/mol. The molecule has 5 nitrogen and oxygen atoms in total. The molecule has 0 saturated heterocycles. The van der Waals surface area contributed by atoms with E-state index in [4.69, 9.17) is 5.73 Å². The van der Waals surface area contributed by atoms with Gasteiger partial charge in [0.05, 0.1) is 15.7 Å². The number of nitrogens with two attached hydrogens (primary N) is 1. The number of hydrogen-bond donors (Lipinski definition) is 2. The smallest absolute Gasteiger partial charge is 0.252 e. The van der Waals surface area contributed by atoms with Gasteiger partial charge in [-0.3, -0.25) is 4.79 Å². The normalized spacial score (nSPS) is 12.6. The fourth-order valence-corrected chi connectivity index (χ4v) is 2.85. The fourth-order valence-electron chi connectivity index (χ4n) is 1.60. The van der Waals surface area contributed by atoms with E-state index in [1.54, 1.807) is 26.0 Å². The van der Waals surface area contributed by atoms with Crippen LogP contribution < -0.4 is 11.1 Å². The van der Waals surface area contributed by atoms with Crippen molar-refractivity contribution >= 4 is 28.2 Å².